The van der Waals surface area contributed by atoms with Crippen molar-refractivity contribution in [2.75, 3.05) is 18.0 Å². The maximum absolute atomic E-state index is 10.7. The van der Waals surface area contributed by atoms with Crippen molar-refractivity contribution in [3.63, 3.8) is 0 Å². The molecule has 1 saturated carbocycles. The van der Waals surface area contributed by atoms with Crippen molar-refractivity contribution in [2.24, 2.45) is 5.92 Å². The molecule has 1 aliphatic heterocycles. The van der Waals surface area contributed by atoms with Gasteiger partial charge in [-0.1, -0.05) is 12.8 Å². The first-order chi connectivity index (χ1) is 8.69. The predicted molar refractivity (Wildman–Crippen MR) is 75.7 cm³/mol. The molecule has 0 amide bonds. The van der Waals surface area contributed by atoms with Crippen LogP contribution in [0.1, 0.15) is 32.1 Å². The Bertz CT molecular complexity index is 440. The highest BCUT2D eigenvalue weighted by molar-refractivity contribution is 9.10. The molecule has 2 atom stereocenters. The zero-order chi connectivity index (χ0) is 12.6. The lowest BCUT2D eigenvalue weighted by atomic mass is 9.71. The van der Waals surface area contributed by atoms with Gasteiger partial charge in [-0.3, -0.25) is 4.98 Å². The molecule has 2 fully saturated rings. The van der Waals surface area contributed by atoms with E-state index >= 15 is 0 Å². The van der Waals surface area contributed by atoms with Crippen LogP contribution in [0.25, 0.3) is 0 Å². The molecule has 0 bridgehead atoms. The fourth-order valence-electron chi connectivity index (χ4n) is 3.41. The quantitative estimate of drug-likeness (QED) is 0.866. The minimum Gasteiger partial charge on any atom is -0.389 e. The summed E-state index contributed by atoms with van der Waals surface area (Å²) in [6.07, 6.45) is 9.17. The topological polar surface area (TPSA) is 36.4 Å². The van der Waals surface area contributed by atoms with Crippen LogP contribution in [0.2, 0.25) is 0 Å². The van der Waals surface area contributed by atoms with Crippen LogP contribution in [0.5, 0.6) is 0 Å². The summed E-state index contributed by atoms with van der Waals surface area (Å²) >= 11 is 3.57. The largest absolute Gasteiger partial charge is 0.389 e. The smallest absolute Gasteiger partial charge is 0.0709 e. The second kappa shape index (κ2) is 4.82. The van der Waals surface area contributed by atoms with Gasteiger partial charge >= 0.3 is 0 Å². The molecular formula is C14H19BrN2O. The first-order valence-electron chi connectivity index (χ1n) is 6.76. The molecule has 1 N–H and O–H groups in total. The fraction of sp³-hybridized carbons (Fsp3) is 0.643. The fourth-order valence-corrected chi connectivity index (χ4v) is 3.92. The first kappa shape index (κ1) is 12.4. The van der Waals surface area contributed by atoms with Gasteiger partial charge in [0.15, 0.2) is 0 Å². The van der Waals surface area contributed by atoms with Crippen LogP contribution in [0.4, 0.5) is 5.69 Å². The van der Waals surface area contributed by atoms with E-state index in [0.29, 0.717) is 5.92 Å². The number of halogens is 1. The number of nitrogens with zero attached hydrogens (tertiary/aromatic N) is 2. The highest BCUT2D eigenvalue weighted by atomic mass is 79.9. The van der Waals surface area contributed by atoms with Crippen molar-refractivity contribution in [3.05, 3.63) is 22.9 Å². The summed E-state index contributed by atoms with van der Waals surface area (Å²) in [6.45, 7) is 1.91. The van der Waals surface area contributed by atoms with E-state index in [1.807, 2.05) is 12.4 Å². The Morgan fingerprint density at radius 3 is 3.11 bits per heavy atom. The number of pyridine rings is 1. The molecule has 0 radical (unpaired) electrons. The van der Waals surface area contributed by atoms with Gasteiger partial charge in [0.25, 0.3) is 0 Å². The lowest BCUT2D eigenvalue weighted by molar-refractivity contribution is -0.0612. The van der Waals surface area contributed by atoms with Gasteiger partial charge < -0.3 is 10.0 Å². The average Bonchev–Trinajstić information content (AvgIpc) is 2.38. The Morgan fingerprint density at radius 1 is 1.39 bits per heavy atom. The number of aromatic nitrogens is 1. The standard InChI is InChI=1S/C14H19BrN2O/c15-12-9-16-7-4-13(12)17-8-6-14(18)5-2-1-3-11(14)10-17/h4,7,9,11,18H,1-3,5-6,8,10H2. The summed E-state index contributed by atoms with van der Waals surface area (Å²) in [5.74, 6) is 0.431. The predicted octanol–water partition coefficient (Wildman–Crippen LogP) is 2.98. The lowest BCUT2D eigenvalue weighted by Gasteiger charge is -2.48. The maximum atomic E-state index is 10.7. The SMILES string of the molecule is OC12CCCCC1CN(c1ccncc1Br)CC2. The molecule has 3 nitrogen and oxygen atoms in total. The number of aliphatic hydroxyl groups is 1. The third-order valence-corrected chi connectivity index (χ3v) is 5.13. The van der Waals surface area contributed by atoms with Gasteiger partial charge in [0.2, 0.25) is 0 Å². The van der Waals surface area contributed by atoms with Crippen LogP contribution in [-0.2, 0) is 0 Å². The zero-order valence-electron chi connectivity index (χ0n) is 10.5. The minimum atomic E-state index is -0.395. The van der Waals surface area contributed by atoms with Crippen LogP contribution in [0, 0.1) is 5.92 Å². The van der Waals surface area contributed by atoms with Crippen LogP contribution in [0.3, 0.4) is 0 Å². The van der Waals surface area contributed by atoms with Crippen molar-refractivity contribution in [3.8, 4) is 0 Å². The van der Waals surface area contributed by atoms with Gasteiger partial charge in [0.1, 0.15) is 0 Å². The van der Waals surface area contributed by atoms with E-state index in [1.165, 1.54) is 18.5 Å². The van der Waals surface area contributed by atoms with Gasteiger partial charge in [-0.05, 0) is 41.3 Å². The summed E-state index contributed by atoms with van der Waals surface area (Å²) in [7, 11) is 0. The molecule has 1 aromatic rings. The molecule has 3 rings (SSSR count). The lowest BCUT2D eigenvalue weighted by Crippen LogP contribution is -2.53. The Labute approximate surface area is 116 Å². The maximum Gasteiger partial charge on any atom is 0.0709 e. The van der Waals surface area contributed by atoms with Gasteiger partial charge in [-0.2, -0.15) is 0 Å². The van der Waals surface area contributed by atoms with Crippen molar-refractivity contribution in [2.45, 2.75) is 37.7 Å². The highest BCUT2D eigenvalue weighted by Crippen LogP contribution is 2.41. The van der Waals surface area contributed by atoms with E-state index in [9.17, 15) is 5.11 Å². The second-order valence-corrected chi connectivity index (χ2v) is 6.42. The monoisotopic (exact) mass is 310 g/mol. The van der Waals surface area contributed by atoms with Crippen molar-refractivity contribution >= 4 is 21.6 Å². The number of rotatable bonds is 1. The zero-order valence-corrected chi connectivity index (χ0v) is 12.1. The first-order valence-corrected chi connectivity index (χ1v) is 7.55. The van der Waals surface area contributed by atoms with E-state index < -0.39 is 5.60 Å². The highest BCUT2D eigenvalue weighted by Gasteiger charge is 2.42. The van der Waals surface area contributed by atoms with Gasteiger partial charge in [0, 0.05) is 31.4 Å². The summed E-state index contributed by atoms with van der Waals surface area (Å²) in [5, 5.41) is 10.7. The Balaban J connectivity index is 1.80. The summed E-state index contributed by atoms with van der Waals surface area (Å²) < 4.78 is 1.05. The molecule has 1 aromatic heterocycles. The second-order valence-electron chi connectivity index (χ2n) is 5.57. The van der Waals surface area contributed by atoms with E-state index in [0.717, 1.165) is 36.8 Å². The molecule has 1 aliphatic carbocycles. The number of hydrogen-bond donors (Lipinski definition) is 1. The van der Waals surface area contributed by atoms with E-state index in [1.54, 1.807) is 0 Å². The van der Waals surface area contributed by atoms with Gasteiger partial charge in [0.05, 0.1) is 15.8 Å². The van der Waals surface area contributed by atoms with Crippen LogP contribution in [-0.4, -0.2) is 28.8 Å². The number of hydrogen-bond acceptors (Lipinski definition) is 3. The summed E-state index contributed by atoms with van der Waals surface area (Å²) in [6, 6.07) is 2.05. The molecule has 2 aliphatic rings. The van der Waals surface area contributed by atoms with Gasteiger partial charge in [-0.15, -0.1) is 0 Å². The van der Waals surface area contributed by atoms with Crippen molar-refractivity contribution in [1.29, 1.82) is 0 Å². The third-order valence-electron chi connectivity index (χ3n) is 4.52. The van der Waals surface area contributed by atoms with E-state index in [2.05, 4.69) is 31.9 Å². The van der Waals surface area contributed by atoms with Crippen LogP contribution >= 0.6 is 15.9 Å². The van der Waals surface area contributed by atoms with Gasteiger partial charge in [-0.25, -0.2) is 0 Å². The third kappa shape index (κ3) is 2.16. The number of fused-ring (bicyclic) bond motifs is 1. The molecule has 18 heavy (non-hydrogen) atoms. The minimum absolute atomic E-state index is 0.395. The summed E-state index contributed by atoms with van der Waals surface area (Å²) in [4.78, 5) is 6.50. The van der Waals surface area contributed by atoms with E-state index in [4.69, 9.17) is 0 Å². The molecule has 0 spiro atoms. The number of anilines is 1. The van der Waals surface area contributed by atoms with E-state index in [-0.39, 0.29) is 0 Å². The molecular weight excluding hydrogens is 292 g/mol. The normalized spacial score (nSPS) is 32.1. The Hall–Kier alpha value is -0.610. The molecule has 2 heterocycles. The Kier molecular flexibility index (Phi) is 3.32. The molecule has 98 valence electrons. The van der Waals surface area contributed by atoms with Crippen LogP contribution in [0.15, 0.2) is 22.9 Å². The average molecular weight is 311 g/mol. The summed E-state index contributed by atoms with van der Waals surface area (Å²) in [5.41, 5.74) is 0.812. The van der Waals surface area contributed by atoms with Crippen LogP contribution < -0.4 is 4.90 Å². The Morgan fingerprint density at radius 2 is 2.28 bits per heavy atom. The number of piperidine rings is 1. The molecule has 1 saturated heterocycles. The molecule has 2 unspecified atom stereocenters. The molecule has 4 heteroatoms. The molecule has 0 aromatic carbocycles. The van der Waals surface area contributed by atoms with Crippen molar-refractivity contribution < 1.29 is 5.11 Å². The van der Waals surface area contributed by atoms with Crippen molar-refractivity contribution in [1.82, 2.24) is 4.98 Å².